The molecule has 0 aliphatic rings. The minimum Gasteiger partial charge on any atom is -0.490 e. The van der Waals surface area contributed by atoms with Crippen LogP contribution in [0.3, 0.4) is 0 Å². The monoisotopic (exact) mass is 314 g/mol. The molecule has 0 spiro atoms. The summed E-state index contributed by atoms with van der Waals surface area (Å²) in [5, 5.41) is 0. The number of aromatic amines is 1. The van der Waals surface area contributed by atoms with Crippen molar-refractivity contribution in [2.45, 2.75) is 26.1 Å². The van der Waals surface area contributed by atoms with E-state index in [0.717, 1.165) is 0 Å². The summed E-state index contributed by atoms with van der Waals surface area (Å²) in [6.07, 6.45) is -4.68. The number of halogens is 3. The standard InChI is InChI=1S/C14H13F3N2OS/c1-8(2)20-11-6-4-3-5-9(11)10-7-12(21)19-13(18-10)14(15,16)17/h3-8H,1-2H3,(H,18,19,21). The van der Waals surface area contributed by atoms with Gasteiger partial charge in [0.15, 0.2) is 0 Å². The maximum atomic E-state index is 12.8. The molecule has 112 valence electrons. The zero-order chi connectivity index (χ0) is 15.6. The molecule has 1 N–H and O–H groups in total. The first-order valence-corrected chi connectivity index (χ1v) is 6.63. The second-order valence-electron chi connectivity index (χ2n) is 4.64. The molecular weight excluding hydrogens is 301 g/mol. The molecule has 0 atom stereocenters. The third-order valence-corrected chi connectivity index (χ3v) is 2.76. The summed E-state index contributed by atoms with van der Waals surface area (Å²) < 4.78 is 43.9. The number of benzene rings is 1. The van der Waals surface area contributed by atoms with E-state index >= 15 is 0 Å². The van der Waals surface area contributed by atoms with Crippen molar-refractivity contribution in [3.63, 3.8) is 0 Å². The highest BCUT2D eigenvalue weighted by Crippen LogP contribution is 2.32. The van der Waals surface area contributed by atoms with Gasteiger partial charge in [-0.15, -0.1) is 0 Å². The Morgan fingerprint density at radius 3 is 2.52 bits per heavy atom. The van der Waals surface area contributed by atoms with Crippen LogP contribution in [-0.4, -0.2) is 16.1 Å². The van der Waals surface area contributed by atoms with E-state index in [-0.39, 0.29) is 16.4 Å². The number of rotatable bonds is 3. The Morgan fingerprint density at radius 2 is 1.90 bits per heavy atom. The minimum absolute atomic E-state index is 0.0990. The van der Waals surface area contributed by atoms with Gasteiger partial charge >= 0.3 is 6.18 Å². The predicted octanol–water partition coefficient (Wildman–Crippen LogP) is 4.61. The second-order valence-corrected chi connectivity index (χ2v) is 5.06. The van der Waals surface area contributed by atoms with Gasteiger partial charge in [-0.1, -0.05) is 24.4 Å². The number of aromatic nitrogens is 2. The second kappa shape index (κ2) is 5.85. The quantitative estimate of drug-likeness (QED) is 0.841. The number of H-pyrrole nitrogens is 1. The minimum atomic E-state index is -4.59. The molecule has 0 saturated heterocycles. The maximum absolute atomic E-state index is 12.8. The highest BCUT2D eigenvalue weighted by Gasteiger charge is 2.34. The summed E-state index contributed by atoms with van der Waals surface area (Å²) in [5.74, 6) is -0.637. The number of ether oxygens (including phenoxy) is 1. The fourth-order valence-electron chi connectivity index (χ4n) is 1.78. The first kappa shape index (κ1) is 15.5. The van der Waals surface area contributed by atoms with E-state index in [0.29, 0.717) is 11.3 Å². The van der Waals surface area contributed by atoms with Gasteiger partial charge in [0.25, 0.3) is 0 Å². The summed E-state index contributed by atoms with van der Waals surface area (Å²) in [4.78, 5) is 5.59. The van der Waals surface area contributed by atoms with E-state index in [1.807, 2.05) is 13.8 Å². The summed E-state index contributed by atoms with van der Waals surface area (Å²) >= 11 is 4.82. The molecule has 0 saturated carbocycles. The Morgan fingerprint density at radius 1 is 1.24 bits per heavy atom. The van der Waals surface area contributed by atoms with Gasteiger partial charge in [-0.25, -0.2) is 4.98 Å². The highest BCUT2D eigenvalue weighted by molar-refractivity contribution is 7.71. The lowest BCUT2D eigenvalue weighted by Gasteiger charge is -2.15. The molecule has 1 aromatic heterocycles. The number of para-hydroxylation sites is 1. The van der Waals surface area contributed by atoms with Crippen LogP contribution in [0.25, 0.3) is 11.3 Å². The molecule has 7 heteroatoms. The highest BCUT2D eigenvalue weighted by atomic mass is 32.1. The van der Waals surface area contributed by atoms with Crippen LogP contribution >= 0.6 is 12.2 Å². The van der Waals surface area contributed by atoms with Crippen molar-refractivity contribution in [3.8, 4) is 17.0 Å². The van der Waals surface area contributed by atoms with E-state index in [9.17, 15) is 13.2 Å². The van der Waals surface area contributed by atoms with Gasteiger partial charge in [0.05, 0.1) is 11.8 Å². The molecular formula is C14H13F3N2OS. The smallest absolute Gasteiger partial charge is 0.449 e. The number of alkyl halides is 3. The Bertz CT molecular complexity index is 695. The van der Waals surface area contributed by atoms with Crippen LogP contribution < -0.4 is 4.74 Å². The van der Waals surface area contributed by atoms with Crippen LogP contribution in [0.5, 0.6) is 5.75 Å². The number of hydrogen-bond acceptors (Lipinski definition) is 3. The van der Waals surface area contributed by atoms with E-state index in [1.165, 1.54) is 6.07 Å². The molecule has 0 aliphatic heterocycles. The summed E-state index contributed by atoms with van der Waals surface area (Å²) in [6.45, 7) is 3.68. The number of hydrogen-bond donors (Lipinski definition) is 1. The third-order valence-electron chi connectivity index (χ3n) is 2.55. The van der Waals surface area contributed by atoms with E-state index in [1.54, 1.807) is 24.3 Å². The maximum Gasteiger partial charge on any atom is 0.449 e. The molecule has 0 aliphatic carbocycles. The van der Waals surface area contributed by atoms with Gasteiger partial charge in [-0.3, -0.25) is 0 Å². The SMILES string of the molecule is CC(C)Oc1ccccc1-c1cc(=S)nc(C(F)(F)F)[nH]1. The van der Waals surface area contributed by atoms with Crippen molar-refractivity contribution in [1.82, 2.24) is 9.97 Å². The van der Waals surface area contributed by atoms with Crippen molar-refractivity contribution in [1.29, 1.82) is 0 Å². The normalized spacial score (nSPS) is 11.7. The van der Waals surface area contributed by atoms with Crippen molar-refractivity contribution in [2.75, 3.05) is 0 Å². The first-order valence-electron chi connectivity index (χ1n) is 6.22. The fraction of sp³-hybridized carbons (Fsp3) is 0.286. The Labute approximate surface area is 124 Å². The molecule has 0 amide bonds. The Balaban J connectivity index is 2.57. The number of nitrogens with zero attached hydrogens (tertiary/aromatic N) is 1. The van der Waals surface area contributed by atoms with Crippen molar-refractivity contribution in [2.24, 2.45) is 0 Å². The summed E-state index contributed by atoms with van der Waals surface area (Å²) in [7, 11) is 0. The fourth-order valence-corrected chi connectivity index (χ4v) is 1.99. The molecule has 2 aromatic rings. The van der Waals surface area contributed by atoms with Crippen LogP contribution in [-0.2, 0) is 6.18 Å². The largest absolute Gasteiger partial charge is 0.490 e. The van der Waals surface area contributed by atoms with Crippen LogP contribution in [0.4, 0.5) is 13.2 Å². The first-order chi connectivity index (χ1) is 9.77. The summed E-state index contributed by atoms with van der Waals surface area (Å²) in [5.41, 5.74) is 0.726. The van der Waals surface area contributed by atoms with Crippen molar-refractivity contribution < 1.29 is 17.9 Å². The van der Waals surface area contributed by atoms with Gasteiger partial charge in [-0.05, 0) is 32.0 Å². The zero-order valence-corrected chi connectivity index (χ0v) is 12.2. The third kappa shape index (κ3) is 3.81. The van der Waals surface area contributed by atoms with E-state index in [4.69, 9.17) is 17.0 Å². The lowest BCUT2D eigenvalue weighted by molar-refractivity contribution is -0.145. The molecule has 0 bridgehead atoms. The van der Waals surface area contributed by atoms with Gasteiger partial charge in [0, 0.05) is 5.56 Å². The van der Waals surface area contributed by atoms with Gasteiger partial charge < -0.3 is 9.72 Å². The topological polar surface area (TPSA) is 37.9 Å². The van der Waals surface area contributed by atoms with Crippen LogP contribution in [0.15, 0.2) is 30.3 Å². The molecule has 3 nitrogen and oxygen atoms in total. The van der Waals surface area contributed by atoms with Crippen LogP contribution in [0, 0.1) is 4.64 Å². The van der Waals surface area contributed by atoms with E-state index in [2.05, 4.69) is 9.97 Å². The zero-order valence-electron chi connectivity index (χ0n) is 11.4. The van der Waals surface area contributed by atoms with Crippen molar-refractivity contribution in [3.05, 3.63) is 40.8 Å². The molecule has 0 unspecified atom stereocenters. The number of nitrogens with one attached hydrogen (secondary N) is 1. The van der Waals surface area contributed by atoms with E-state index < -0.39 is 12.0 Å². The van der Waals surface area contributed by atoms with Gasteiger partial charge in [-0.2, -0.15) is 13.2 Å². The average Bonchev–Trinajstić information content (AvgIpc) is 2.37. The molecule has 1 heterocycles. The average molecular weight is 314 g/mol. The Hall–Kier alpha value is -1.89. The van der Waals surface area contributed by atoms with Gasteiger partial charge in [0.2, 0.25) is 5.82 Å². The van der Waals surface area contributed by atoms with Gasteiger partial charge in [0.1, 0.15) is 10.4 Å². The lowest BCUT2D eigenvalue weighted by Crippen LogP contribution is -2.12. The lowest BCUT2D eigenvalue weighted by atomic mass is 10.1. The summed E-state index contributed by atoms with van der Waals surface area (Å²) in [6, 6.07) is 8.21. The Kier molecular flexibility index (Phi) is 4.32. The molecule has 1 aromatic carbocycles. The molecule has 2 rings (SSSR count). The van der Waals surface area contributed by atoms with Crippen LogP contribution in [0.2, 0.25) is 0 Å². The van der Waals surface area contributed by atoms with Crippen LogP contribution in [0.1, 0.15) is 19.7 Å². The van der Waals surface area contributed by atoms with Crippen molar-refractivity contribution >= 4 is 12.2 Å². The molecule has 0 radical (unpaired) electrons. The predicted molar refractivity (Wildman–Crippen MR) is 75.6 cm³/mol. The molecule has 0 fully saturated rings. The molecule has 21 heavy (non-hydrogen) atoms.